The molecule has 2 aromatic rings. The minimum atomic E-state index is 0.447. The number of aryl methyl sites for hydroxylation is 2. The van der Waals surface area contributed by atoms with Crippen molar-refractivity contribution >= 4 is 5.82 Å². The molecule has 0 bridgehead atoms. The van der Waals surface area contributed by atoms with Crippen LogP contribution in [0, 0.1) is 13.8 Å². The Labute approximate surface area is 89.0 Å². The van der Waals surface area contributed by atoms with Crippen LogP contribution in [0.1, 0.15) is 11.1 Å². The van der Waals surface area contributed by atoms with Crippen LogP contribution >= 0.6 is 0 Å². The Kier molecular flexibility index (Phi) is 2.37. The van der Waals surface area contributed by atoms with Crippen LogP contribution in [0.5, 0.6) is 0 Å². The van der Waals surface area contributed by atoms with Crippen molar-refractivity contribution in [3.05, 3.63) is 41.7 Å². The summed E-state index contributed by atoms with van der Waals surface area (Å²) in [5.41, 5.74) is 9.95. The molecule has 1 heterocycles. The number of nitrogen functional groups attached to an aromatic ring is 1. The summed E-state index contributed by atoms with van der Waals surface area (Å²) in [6.07, 6.45) is 3.27. The van der Waals surface area contributed by atoms with Crippen LogP contribution in [0.4, 0.5) is 5.82 Å². The van der Waals surface area contributed by atoms with Gasteiger partial charge in [0.2, 0.25) is 0 Å². The standard InChI is InChI=1S/C12H13N3/c1-8-3-4-10(5-9(8)2)11-6-15-12(13)7-14-11/h3-7H,1-2H3,(H2,13,15). The summed E-state index contributed by atoms with van der Waals surface area (Å²) in [5, 5.41) is 0. The quantitative estimate of drug-likeness (QED) is 0.767. The fraction of sp³-hybridized carbons (Fsp3) is 0.167. The SMILES string of the molecule is Cc1ccc(-c2cnc(N)cn2)cc1C. The summed E-state index contributed by atoms with van der Waals surface area (Å²) >= 11 is 0. The second-order valence-electron chi connectivity index (χ2n) is 3.63. The molecule has 1 aromatic carbocycles. The van der Waals surface area contributed by atoms with Crippen LogP contribution in [0.2, 0.25) is 0 Å². The van der Waals surface area contributed by atoms with Gasteiger partial charge in [0.1, 0.15) is 5.82 Å². The zero-order valence-corrected chi connectivity index (χ0v) is 8.86. The van der Waals surface area contributed by atoms with Crippen molar-refractivity contribution < 1.29 is 0 Å². The zero-order chi connectivity index (χ0) is 10.8. The molecule has 0 radical (unpaired) electrons. The lowest BCUT2D eigenvalue weighted by atomic mass is 10.0. The highest BCUT2D eigenvalue weighted by Crippen LogP contribution is 2.19. The van der Waals surface area contributed by atoms with E-state index < -0.39 is 0 Å². The van der Waals surface area contributed by atoms with E-state index >= 15 is 0 Å². The van der Waals surface area contributed by atoms with Gasteiger partial charge in [-0.25, -0.2) is 4.98 Å². The maximum absolute atomic E-state index is 5.49. The van der Waals surface area contributed by atoms with Gasteiger partial charge in [0.25, 0.3) is 0 Å². The number of anilines is 1. The van der Waals surface area contributed by atoms with E-state index in [2.05, 4.69) is 35.9 Å². The molecule has 2 rings (SSSR count). The average molecular weight is 199 g/mol. The molecular weight excluding hydrogens is 186 g/mol. The van der Waals surface area contributed by atoms with E-state index in [1.54, 1.807) is 12.4 Å². The van der Waals surface area contributed by atoms with Gasteiger partial charge < -0.3 is 5.73 Å². The lowest BCUT2D eigenvalue weighted by Crippen LogP contribution is -1.93. The molecule has 0 aliphatic rings. The van der Waals surface area contributed by atoms with Gasteiger partial charge >= 0.3 is 0 Å². The molecule has 3 nitrogen and oxygen atoms in total. The third-order valence-electron chi connectivity index (χ3n) is 2.47. The Hall–Kier alpha value is -1.90. The number of nitrogens with two attached hydrogens (primary N) is 1. The molecule has 15 heavy (non-hydrogen) atoms. The molecule has 0 saturated heterocycles. The normalized spacial score (nSPS) is 10.3. The molecule has 76 valence electrons. The molecule has 0 atom stereocenters. The third kappa shape index (κ3) is 1.96. The van der Waals surface area contributed by atoms with Crippen LogP contribution < -0.4 is 5.73 Å². The van der Waals surface area contributed by atoms with Crippen LogP contribution in [0.15, 0.2) is 30.6 Å². The van der Waals surface area contributed by atoms with Gasteiger partial charge in [0.15, 0.2) is 0 Å². The van der Waals surface area contributed by atoms with Crippen molar-refractivity contribution in [2.24, 2.45) is 0 Å². The Morgan fingerprint density at radius 3 is 2.40 bits per heavy atom. The van der Waals surface area contributed by atoms with Gasteiger partial charge in [0.05, 0.1) is 18.1 Å². The first kappa shape index (κ1) is 9.65. The van der Waals surface area contributed by atoms with E-state index in [-0.39, 0.29) is 0 Å². The Balaban J connectivity index is 2.45. The van der Waals surface area contributed by atoms with Crippen molar-refractivity contribution in [2.75, 3.05) is 5.73 Å². The highest BCUT2D eigenvalue weighted by Gasteiger charge is 2.01. The van der Waals surface area contributed by atoms with Crippen molar-refractivity contribution in [2.45, 2.75) is 13.8 Å². The Morgan fingerprint density at radius 2 is 1.80 bits per heavy atom. The predicted molar refractivity (Wildman–Crippen MR) is 61.4 cm³/mol. The van der Waals surface area contributed by atoms with Gasteiger partial charge in [-0.2, -0.15) is 0 Å². The summed E-state index contributed by atoms with van der Waals surface area (Å²) in [6.45, 7) is 4.18. The summed E-state index contributed by atoms with van der Waals surface area (Å²) in [5.74, 6) is 0.447. The van der Waals surface area contributed by atoms with Gasteiger partial charge in [-0.1, -0.05) is 12.1 Å². The van der Waals surface area contributed by atoms with Crippen molar-refractivity contribution in [3.8, 4) is 11.3 Å². The van der Waals surface area contributed by atoms with Crippen molar-refractivity contribution in [1.82, 2.24) is 9.97 Å². The fourth-order valence-electron chi connectivity index (χ4n) is 1.39. The average Bonchev–Trinajstić information content (AvgIpc) is 2.23. The van der Waals surface area contributed by atoms with Crippen molar-refractivity contribution in [3.63, 3.8) is 0 Å². The molecule has 0 amide bonds. The first-order chi connectivity index (χ1) is 7.16. The molecule has 0 unspecified atom stereocenters. The Morgan fingerprint density at radius 1 is 1.00 bits per heavy atom. The maximum Gasteiger partial charge on any atom is 0.141 e. The first-order valence-corrected chi connectivity index (χ1v) is 4.82. The number of hydrogen-bond donors (Lipinski definition) is 1. The molecular formula is C12H13N3. The highest BCUT2D eigenvalue weighted by molar-refractivity contribution is 5.60. The molecule has 0 spiro atoms. The van der Waals surface area contributed by atoms with E-state index in [9.17, 15) is 0 Å². The number of hydrogen-bond acceptors (Lipinski definition) is 3. The van der Waals surface area contributed by atoms with Crippen LogP contribution in [0.25, 0.3) is 11.3 Å². The smallest absolute Gasteiger partial charge is 0.141 e. The predicted octanol–water partition coefficient (Wildman–Crippen LogP) is 2.34. The van der Waals surface area contributed by atoms with Gasteiger partial charge in [-0.05, 0) is 31.0 Å². The number of nitrogens with zero attached hydrogens (tertiary/aromatic N) is 2. The van der Waals surface area contributed by atoms with Gasteiger partial charge in [-0.15, -0.1) is 0 Å². The highest BCUT2D eigenvalue weighted by atomic mass is 14.9. The minimum absolute atomic E-state index is 0.447. The van der Waals surface area contributed by atoms with Crippen molar-refractivity contribution in [1.29, 1.82) is 0 Å². The summed E-state index contributed by atoms with van der Waals surface area (Å²) in [6, 6.07) is 6.24. The number of rotatable bonds is 1. The number of benzene rings is 1. The number of aromatic nitrogens is 2. The lowest BCUT2D eigenvalue weighted by Gasteiger charge is -2.04. The Bertz CT molecular complexity index is 475. The van der Waals surface area contributed by atoms with E-state index in [0.717, 1.165) is 11.3 Å². The third-order valence-corrected chi connectivity index (χ3v) is 2.47. The maximum atomic E-state index is 5.49. The lowest BCUT2D eigenvalue weighted by molar-refractivity contribution is 1.21. The van der Waals surface area contributed by atoms with Crippen LogP contribution in [-0.2, 0) is 0 Å². The van der Waals surface area contributed by atoms with E-state index in [4.69, 9.17) is 5.73 Å². The van der Waals surface area contributed by atoms with E-state index in [0.29, 0.717) is 5.82 Å². The molecule has 0 fully saturated rings. The van der Waals surface area contributed by atoms with Crippen LogP contribution in [-0.4, -0.2) is 9.97 Å². The van der Waals surface area contributed by atoms with Crippen LogP contribution in [0.3, 0.4) is 0 Å². The largest absolute Gasteiger partial charge is 0.382 e. The zero-order valence-electron chi connectivity index (χ0n) is 8.86. The van der Waals surface area contributed by atoms with Gasteiger partial charge in [-0.3, -0.25) is 4.98 Å². The molecule has 3 heteroatoms. The second kappa shape index (κ2) is 3.69. The monoisotopic (exact) mass is 199 g/mol. The van der Waals surface area contributed by atoms with Gasteiger partial charge in [0, 0.05) is 5.56 Å². The summed E-state index contributed by atoms with van der Waals surface area (Å²) < 4.78 is 0. The topological polar surface area (TPSA) is 51.8 Å². The fourth-order valence-corrected chi connectivity index (χ4v) is 1.39. The molecule has 0 saturated carbocycles. The summed E-state index contributed by atoms with van der Waals surface area (Å²) in [4.78, 5) is 8.25. The van der Waals surface area contributed by atoms with E-state index in [1.807, 2.05) is 6.07 Å². The minimum Gasteiger partial charge on any atom is -0.382 e. The van der Waals surface area contributed by atoms with E-state index in [1.165, 1.54) is 11.1 Å². The summed E-state index contributed by atoms with van der Waals surface area (Å²) in [7, 11) is 0. The molecule has 1 aromatic heterocycles. The molecule has 0 aliphatic carbocycles. The first-order valence-electron chi connectivity index (χ1n) is 4.82. The molecule has 0 aliphatic heterocycles. The molecule has 2 N–H and O–H groups in total. The second-order valence-corrected chi connectivity index (χ2v) is 3.63.